The lowest BCUT2D eigenvalue weighted by Crippen LogP contribution is -2.33. The highest BCUT2D eigenvalue weighted by molar-refractivity contribution is 7.99. The predicted octanol–water partition coefficient (Wildman–Crippen LogP) is 6.05. The molecule has 0 N–H and O–H groups in total. The monoisotopic (exact) mass is 483 g/mol. The normalized spacial score (nSPS) is 15.4. The van der Waals surface area contributed by atoms with Crippen molar-refractivity contribution < 1.29 is 4.79 Å². The van der Waals surface area contributed by atoms with E-state index < -0.39 is 0 Å². The first-order valence-electron chi connectivity index (χ1n) is 11.7. The minimum atomic E-state index is -0.155. The van der Waals surface area contributed by atoms with Gasteiger partial charge in [-0.15, -0.1) is 0 Å². The number of aromatic nitrogens is 2. The predicted molar refractivity (Wildman–Crippen MR) is 137 cm³/mol. The highest BCUT2D eigenvalue weighted by atomic mass is 35.5. The first-order chi connectivity index (χ1) is 16.0. The Labute approximate surface area is 204 Å². The largest absolute Gasteiger partial charge is 0.342 e. The van der Waals surface area contributed by atoms with Crippen LogP contribution >= 0.6 is 23.4 Å². The van der Waals surface area contributed by atoms with Crippen LogP contribution in [-0.4, -0.2) is 39.2 Å². The van der Waals surface area contributed by atoms with E-state index in [0.29, 0.717) is 27.0 Å². The molecule has 0 aliphatic carbocycles. The lowest BCUT2D eigenvalue weighted by molar-refractivity contribution is -0.128. The molecule has 1 aliphatic rings. The Bertz CT molecular complexity index is 1180. The number of hydrogen-bond donors (Lipinski definition) is 0. The van der Waals surface area contributed by atoms with Gasteiger partial charge in [0.1, 0.15) is 0 Å². The molecule has 0 spiro atoms. The molecule has 1 unspecified atom stereocenters. The molecule has 33 heavy (non-hydrogen) atoms. The van der Waals surface area contributed by atoms with Crippen molar-refractivity contribution in [1.82, 2.24) is 14.5 Å². The van der Waals surface area contributed by atoms with Gasteiger partial charge in [-0.25, -0.2) is 4.98 Å². The van der Waals surface area contributed by atoms with Gasteiger partial charge in [-0.05, 0) is 61.1 Å². The Morgan fingerprint density at radius 3 is 2.45 bits per heavy atom. The third kappa shape index (κ3) is 5.44. The van der Waals surface area contributed by atoms with Gasteiger partial charge in [0.2, 0.25) is 5.91 Å². The number of likely N-dealkylation sites (tertiary alicyclic amines) is 1. The molecule has 1 atom stereocenters. The number of halogens is 1. The fourth-order valence-corrected chi connectivity index (χ4v) is 5.27. The van der Waals surface area contributed by atoms with Gasteiger partial charge in [0.05, 0.1) is 22.3 Å². The maximum Gasteiger partial charge on any atom is 0.266 e. The van der Waals surface area contributed by atoms with E-state index in [-0.39, 0.29) is 17.2 Å². The fraction of sp³-hybridized carbons (Fsp3) is 0.423. The Hall–Kier alpha value is -2.31. The molecule has 5 nitrogen and oxygen atoms in total. The zero-order chi connectivity index (χ0) is 23.4. The van der Waals surface area contributed by atoms with E-state index in [9.17, 15) is 9.59 Å². The number of thioether (sulfide) groups is 1. The van der Waals surface area contributed by atoms with Crippen LogP contribution in [-0.2, 0) is 4.79 Å². The molecule has 1 aromatic heterocycles. The number of carbonyl (C=O) groups excluding carboxylic acids is 1. The zero-order valence-corrected chi connectivity index (χ0v) is 20.8. The summed E-state index contributed by atoms with van der Waals surface area (Å²) in [6.45, 7) is 5.98. The van der Waals surface area contributed by atoms with Gasteiger partial charge < -0.3 is 4.90 Å². The number of benzene rings is 2. The summed E-state index contributed by atoms with van der Waals surface area (Å²) in [5, 5.41) is 1.55. The van der Waals surface area contributed by atoms with Crippen molar-refractivity contribution in [2.45, 2.75) is 57.0 Å². The van der Waals surface area contributed by atoms with Crippen molar-refractivity contribution >= 4 is 40.2 Å². The van der Waals surface area contributed by atoms with Crippen LogP contribution in [0.15, 0.2) is 52.4 Å². The third-order valence-corrected chi connectivity index (χ3v) is 7.58. The van der Waals surface area contributed by atoms with E-state index in [1.54, 1.807) is 22.8 Å². The lowest BCUT2D eigenvalue weighted by Gasteiger charge is -2.20. The maximum absolute atomic E-state index is 13.5. The average Bonchev–Trinajstić information content (AvgIpc) is 3.12. The zero-order valence-electron chi connectivity index (χ0n) is 19.2. The summed E-state index contributed by atoms with van der Waals surface area (Å²) < 4.78 is 1.62. The van der Waals surface area contributed by atoms with E-state index in [1.165, 1.54) is 30.2 Å². The molecule has 0 saturated carbocycles. The van der Waals surface area contributed by atoms with E-state index in [2.05, 4.69) is 26.0 Å². The number of nitrogens with zero attached hydrogens (tertiary/aromatic N) is 3. The van der Waals surface area contributed by atoms with Crippen LogP contribution in [0.3, 0.4) is 0 Å². The van der Waals surface area contributed by atoms with Gasteiger partial charge in [0.15, 0.2) is 5.16 Å². The van der Waals surface area contributed by atoms with Gasteiger partial charge in [-0.2, -0.15) is 0 Å². The highest BCUT2D eigenvalue weighted by Gasteiger charge is 2.19. The van der Waals surface area contributed by atoms with Crippen LogP contribution in [0.4, 0.5) is 0 Å². The molecule has 7 heteroatoms. The Morgan fingerprint density at radius 2 is 1.79 bits per heavy atom. The summed E-state index contributed by atoms with van der Waals surface area (Å²) in [4.78, 5) is 33.1. The summed E-state index contributed by atoms with van der Waals surface area (Å²) in [7, 11) is 0. The summed E-state index contributed by atoms with van der Waals surface area (Å²) in [5.41, 5.74) is 2.38. The van der Waals surface area contributed by atoms with Crippen LogP contribution in [0, 0.1) is 0 Å². The summed E-state index contributed by atoms with van der Waals surface area (Å²) in [6.07, 6.45) is 5.51. The number of carbonyl (C=O) groups is 1. The topological polar surface area (TPSA) is 55.2 Å². The van der Waals surface area contributed by atoms with E-state index in [0.717, 1.165) is 38.0 Å². The maximum atomic E-state index is 13.5. The summed E-state index contributed by atoms with van der Waals surface area (Å²) in [5.74, 6) is 0.803. The number of rotatable bonds is 6. The molecule has 4 rings (SSSR count). The van der Waals surface area contributed by atoms with Crippen molar-refractivity contribution in [3.63, 3.8) is 0 Å². The molecule has 174 valence electrons. The lowest BCUT2D eigenvalue weighted by atomic mass is 9.98. The minimum absolute atomic E-state index is 0.0982. The molecular formula is C26H30ClN3O2S. The quantitative estimate of drug-likeness (QED) is 0.316. The average molecular weight is 484 g/mol. The van der Waals surface area contributed by atoms with E-state index in [1.807, 2.05) is 17.0 Å². The molecule has 3 aromatic rings. The van der Waals surface area contributed by atoms with Crippen LogP contribution in [0.1, 0.15) is 57.4 Å². The number of fused-ring (bicyclic) bond motifs is 1. The number of amides is 1. The molecule has 0 bridgehead atoms. The molecule has 1 amide bonds. The Kier molecular flexibility index (Phi) is 7.76. The van der Waals surface area contributed by atoms with Crippen LogP contribution in [0.25, 0.3) is 16.6 Å². The first-order valence-corrected chi connectivity index (χ1v) is 13.1. The van der Waals surface area contributed by atoms with Gasteiger partial charge in [-0.1, -0.05) is 62.2 Å². The highest BCUT2D eigenvalue weighted by Crippen LogP contribution is 2.25. The summed E-state index contributed by atoms with van der Waals surface area (Å²) in [6, 6.07) is 13.2. The smallest absolute Gasteiger partial charge is 0.266 e. The fourth-order valence-electron chi connectivity index (χ4n) is 4.19. The van der Waals surface area contributed by atoms with Crippen LogP contribution < -0.4 is 5.56 Å². The Morgan fingerprint density at radius 1 is 1.09 bits per heavy atom. The SMILES string of the molecule is CCC(C)c1ccc(-n2c(SCC(=O)N3CCCCCC3)nc3cc(Cl)ccc3c2=O)cc1. The third-order valence-electron chi connectivity index (χ3n) is 6.42. The van der Waals surface area contributed by atoms with Gasteiger partial charge in [-0.3, -0.25) is 14.2 Å². The van der Waals surface area contributed by atoms with Crippen molar-refractivity contribution in [2.24, 2.45) is 0 Å². The summed E-state index contributed by atoms with van der Waals surface area (Å²) >= 11 is 7.49. The second-order valence-electron chi connectivity index (χ2n) is 8.68. The second-order valence-corrected chi connectivity index (χ2v) is 10.1. The molecule has 2 aromatic carbocycles. The first kappa shape index (κ1) is 23.8. The molecule has 1 saturated heterocycles. The minimum Gasteiger partial charge on any atom is -0.342 e. The molecular weight excluding hydrogens is 454 g/mol. The molecule has 1 aliphatic heterocycles. The van der Waals surface area contributed by atoms with E-state index in [4.69, 9.17) is 16.6 Å². The van der Waals surface area contributed by atoms with E-state index >= 15 is 0 Å². The van der Waals surface area contributed by atoms with Gasteiger partial charge in [0.25, 0.3) is 5.56 Å². The van der Waals surface area contributed by atoms with Crippen LogP contribution in [0.2, 0.25) is 5.02 Å². The molecule has 0 radical (unpaired) electrons. The number of hydrogen-bond acceptors (Lipinski definition) is 4. The van der Waals surface area contributed by atoms with Crippen molar-refractivity contribution in [1.29, 1.82) is 0 Å². The standard InChI is InChI=1S/C26H30ClN3O2S/c1-3-18(2)19-8-11-21(12-9-19)30-25(32)22-13-10-20(27)16-23(22)28-26(30)33-17-24(31)29-14-6-4-5-7-15-29/h8-13,16,18H,3-7,14-15,17H2,1-2H3. The molecule has 1 fully saturated rings. The molecule has 2 heterocycles. The van der Waals surface area contributed by atoms with Crippen molar-refractivity contribution in [3.05, 3.63) is 63.4 Å². The van der Waals surface area contributed by atoms with Crippen LogP contribution in [0.5, 0.6) is 0 Å². The van der Waals surface area contributed by atoms with Crippen molar-refractivity contribution in [2.75, 3.05) is 18.8 Å². The van der Waals surface area contributed by atoms with Gasteiger partial charge >= 0.3 is 0 Å². The second kappa shape index (κ2) is 10.7. The van der Waals surface area contributed by atoms with Crippen molar-refractivity contribution in [3.8, 4) is 5.69 Å². The Balaban J connectivity index is 1.70. The van der Waals surface area contributed by atoms with Gasteiger partial charge in [0, 0.05) is 18.1 Å².